The Morgan fingerprint density at radius 1 is 1.03 bits per heavy atom. The molecule has 2 heterocycles. The third-order valence-electron chi connectivity index (χ3n) is 5.36. The van der Waals surface area contributed by atoms with Crippen LogP contribution in [0.2, 0.25) is 0 Å². The SMILES string of the molecule is N#Cc1ccc(-c2cc(N)nn2-c2ccc(N3CCN(CCO)CC3)cc2)cc1F. The Hall–Kier alpha value is -3.41. The first kappa shape index (κ1) is 19.9. The fraction of sp³-hybridized carbons (Fsp3) is 0.273. The van der Waals surface area contributed by atoms with Crippen molar-refractivity contribution in [2.45, 2.75) is 0 Å². The molecule has 0 radical (unpaired) electrons. The molecule has 2 aromatic carbocycles. The van der Waals surface area contributed by atoms with E-state index in [2.05, 4.69) is 14.9 Å². The zero-order chi connectivity index (χ0) is 21.1. The van der Waals surface area contributed by atoms with Crippen molar-refractivity contribution in [3.63, 3.8) is 0 Å². The minimum Gasteiger partial charge on any atom is -0.395 e. The number of rotatable bonds is 5. The first-order chi connectivity index (χ1) is 14.6. The number of benzene rings is 2. The molecule has 154 valence electrons. The number of piperazine rings is 1. The summed E-state index contributed by atoms with van der Waals surface area (Å²) in [6, 6.07) is 16.0. The number of nitrogens with zero attached hydrogens (tertiary/aromatic N) is 5. The molecular weight excluding hydrogens is 383 g/mol. The van der Waals surface area contributed by atoms with E-state index in [9.17, 15) is 4.39 Å². The van der Waals surface area contributed by atoms with Crippen molar-refractivity contribution in [3.05, 3.63) is 59.9 Å². The molecule has 1 aromatic heterocycles. The van der Waals surface area contributed by atoms with E-state index in [-0.39, 0.29) is 12.2 Å². The molecule has 0 atom stereocenters. The van der Waals surface area contributed by atoms with Gasteiger partial charge in [0.15, 0.2) is 0 Å². The van der Waals surface area contributed by atoms with Crippen LogP contribution in [0.15, 0.2) is 48.5 Å². The normalized spacial score (nSPS) is 14.6. The molecule has 0 bridgehead atoms. The van der Waals surface area contributed by atoms with Gasteiger partial charge in [-0.15, -0.1) is 0 Å². The molecular formula is C22H23FN6O. The summed E-state index contributed by atoms with van der Waals surface area (Å²) in [5.41, 5.74) is 9.11. The Labute approximate surface area is 174 Å². The average molecular weight is 406 g/mol. The smallest absolute Gasteiger partial charge is 0.146 e. The third-order valence-corrected chi connectivity index (χ3v) is 5.36. The van der Waals surface area contributed by atoms with Crippen LogP contribution in [0.3, 0.4) is 0 Å². The summed E-state index contributed by atoms with van der Waals surface area (Å²) in [7, 11) is 0. The van der Waals surface area contributed by atoms with E-state index < -0.39 is 5.82 Å². The van der Waals surface area contributed by atoms with E-state index in [0.717, 1.165) is 37.6 Å². The van der Waals surface area contributed by atoms with Gasteiger partial charge in [0, 0.05) is 50.0 Å². The minimum absolute atomic E-state index is 0.00114. The number of aromatic nitrogens is 2. The molecule has 8 heteroatoms. The van der Waals surface area contributed by atoms with Crippen LogP contribution < -0.4 is 10.6 Å². The number of anilines is 2. The standard InChI is InChI=1S/C22H23FN6O/c23-20-13-16(1-2-17(20)15-24)21-14-22(25)26-29(21)19-5-3-18(4-6-19)28-9-7-27(8-10-28)11-12-30/h1-6,13-14,30H,7-12H2,(H2,25,26). The molecule has 0 spiro atoms. The first-order valence-electron chi connectivity index (χ1n) is 9.83. The number of nitriles is 1. The van der Waals surface area contributed by atoms with Gasteiger partial charge in [-0.1, -0.05) is 6.07 Å². The monoisotopic (exact) mass is 406 g/mol. The molecule has 0 aliphatic carbocycles. The van der Waals surface area contributed by atoms with Gasteiger partial charge in [-0.25, -0.2) is 9.07 Å². The molecule has 7 nitrogen and oxygen atoms in total. The lowest BCUT2D eigenvalue weighted by atomic mass is 10.1. The number of hydrogen-bond acceptors (Lipinski definition) is 6. The molecule has 3 aromatic rings. The number of hydrogen-bond donors (Lipinski definition) is 2. The highest BCUT2D eigenvalue weighted by atomic mass is 19.1. The van der Waals surface area contributed by atoms with Crippen molar-refractivity contribution < 1.29 is 9.50 Å². The highest BCUT2D eigenvalue weighted by Crippen LogP contribution is 2.28. The van der Waals surface area contributed by atoms with E-state index in [4.69, 9.17) is 16.1 Å². The fourth-order valence-corrected chi connectivity index (χ4v) is 3.74. The summed E-state index contributed by atoms with van der Waals surface area (Å²) in [6.45, 7) is 4.56. The quantitative estimate of drug-likeness (QED) is 0.675. The Balaban J connectivity index is 1.57. The summed E-state index contributed by atoms with van der Waals surface area (Å²) < 4.78 is 15.8. The lowest BCUT2D eigenvalue weighted by molar-refractivity contribution is 0.189. The summed E-state index contributed by atoms with van der Waals surface area (Å²) in [5.74, 6) is -0.240. The van der Waals surface area contributed by atoms with Crippen LogP contribution in [0.4, 0.5) is 15.9 Å². The summed E-state index contributed by atoms with van der Waals surface area (Å²) in [6.07, 6.45) is 0. The molecule has 1 fully saturated rings. The highest BCUT2D eigenvalue weighted by molar-refractivity contribution is 5.67. The first-order valence-corrected chi connectivity index (χ1v) is 9.83. The van der Waals surface area contributed by atoms with Crippen LogP contribution in [-0.4, -0.2) is 59.1 Å². The van der Waals surface area contributed by atoms with E-state index in [0.29, 0.717) is 23.6 Å². The van der Waals surface area contributed by atoms with Gasteiger partial charge in [-0.2, -0.15) is 10.4 Å². The van der Waals surface area contributed by atoms with Gasteiger partial charge in [0.05, 0.1) is 23.6 Å². The highest BCUT2D eigenvalue weighted by Gasteiger charge is 2.17. The van der Waals surface area contributed by atoms with Crippen LogP contribution in [0.5, 0.6) is 0 Å². The molecule has 1 saturated heterocycles. The molecule has 4 rings (SSSR count). The van der Waals surface area contributed by atoms with Crippen LogP contribution in [0.1, 0.15) is 5.56 Å². The maximum Gasteiger partial charge on any atom is 0.146 e. The van der Waals surface area contributed by atoms with Crippen LogP contribution in [0.25, 0.3) is 16.9 Å². The van der Waals surface area contributed by atoms with Gasteiger partial charge >= 0.3 is 0 Å². The van der Waals surface area contributed by atoms with Crippen molar-refractivity contribution >= 4 is 11.5 Å². The summed E-state index contributed by atoms with van der Waals surface area (Å²) in [5, 5.41) is 22.4. The van der Waals surface area contributed by atoms with Crippen LogP contribution in [0, 0.1) is 17.1 Å². The zero-order valence-electron chi connectivity index (χ0n) is 16.5. The predicted octanol–water partition coefficient (Wildman–Crippen LogP) is 2.25. The molecule has 30 heavy (non-hydrogen) atoms. The Morgan fingerprint density at radius 2 is 1.73 bits per heavy atom. The van der Waals surface area contributed by atoms with Crippen molar-refractivity contribution in [2.75, 3.05) is 50.0 Å². The van der Waals surface area contributed by atoms with E-state index in [1.54, 1.807) is 16.8 Å². The lowest BCUT2D eigenvalue weighted by Crippen LogP contribution is -2.47. The largest absolute Gasteiger partial charge is 0.395 e. The maximum atomic E-state index is 14.1. The second-order valence-electron chi connectivity index (χ2n) is 7.24. The van der Waals surface area contributed by atoms with E-state index >= 15 is 0 Å². The number of aliphatic hydroxyl groups is 1. The van der Waals surface area contributed by atoms with E-state index in [1.807, 2.05) is 30.3 Å². The van der Waals surface area contributed by atoms with Crippen LogP contribution >= 0.6 is 0 Å². The predicted molar refractivity (Wildman–Crippen MR) is 114 cm³/mol. The number of aliphatic hydroxyl groups excluding tert-OH is 1. The molecule has 3 N–H and O–H groups in total. The number of nitrogen functional groups attached to an aromatic ring is 1. The Morgan fingerprint density at radius 3 is 2.37 bits per heavy atom. The Bertz CT molecular complexity index is 1060. The number of β-amino-alcohol motifs (C(OH)–C–C–N with tert-alkyl or cyclic N) is 1. The minimum atomic E-state index is -0.572. The second kappa shape index (κ2) is 8.53. The van der Waals surface area contributed by atoms with Crippen molar-refractivity contribution in [1.29, 1.82) is 5.26 Å². The maximum absolute atomic E-state index is 14.1. The Kier molecular flexibility index (Phi) is 5.65. The van der Waals surface area contributed by atoms with Gasteiger partial charge in [-0.3, -0.25) is 4.90 Å². The van der Waals surface area contributed by atoms with E-state index in [1.165, 1.54) is 12.1 Å². The summed E-state index contributed by atoms with van der Waals surface area (Å²) >= 11 is 0. The molecule has 0 unspecified atom stereocenters. The van der Waals surface area contributed by atoms with Gasteiger partial charge in [0.2, 0.25) is 0 Å². The number of nitrogens with two attached hydrogens (primary N) is 1. The lowest BCUT2D eigenvalue weighted by Gasteiger charge is -2.35. The third kappa shape index (κ3) is 3.99. The van der Waals surface area contributed by atoms with Gasteiger partial charge in [0.25, 0.3) is 0 Å². The van der Waals surface area contributed by atoms with Crippen molar-refractivity contribution in [1.82, 2.24) is 14.7 Å². The molecule has 0 saturated carbocycles. The topological polar surface area (TPSA) is 94.3 Å². The van der Waals surface area contributed by atoms with Crippen LogP contribution in [-0.2, 0) is 0 Å². The van der Waals surface area contributed by atoms with Gasteiger partial charge in [-0.05, 0) is 36.4 Å². The molecule has 1 aliphatic heterocycles. The molecule has 0 amide bonds. The van der Waals surface area contributed by atoms with Crippen molar-refractivity contribution in [3.8, 4) is 23.0 Å². The zero-order valence-corrected chi connectivity index (χ0v) is 16.5. The van der Waals surface area contributed by atoms with Crippen molar-refractivity contribution in [2.24, 2.45) is 0 Å². The van der Waals surface area contributed by atoms with Gasteiger partial charge < -0.3 is 15.7 Å². The number of halogens is 1. The fourth-order valence-electron chi connectivity index (χ4n) is 3.74. The van der Waals surface area contributed by atoms with Gasteiger partial charge in [0.1, 0.15) is 17.7 Å². The average Bonchev–Trinajstić information content (AvgIpc) is 3.16. The molecule has 1 aliphatic rings. The second-order valence-corrected chi connectivity index (χ2v) is 7.24. The summed E-state index contributed by atoms with van der Waals surface area (Å²) in [4.78, 5) is 4.56.